The first-order chi connectivity index (χ1) is 9.44. The lowest BCUT2D eigenvalue weighted by molar-refractivity contribution is 0.318. The standard InChI is InChI=1S/C13H19N3O3S/c1-9-6-7-10(13(14)15-17)8-12(9)16-20(18,19)11-4-2-3-5-11/h6-8,11,16-17H,2-5H2,1H3,(H2,14,15). The van der Waals surface area contributed by atoms with Crippen LogP contribution in [-0.4, -0.2) is 24.7 Å². The van der Waals surface area contributed by atoms with Crippen molar-refractivity contribution in [1.82, 2.24) is 0 Å². The Morgan fingerprint density at radius 1 is 1.40 bits per heavy atom. The summed E-state index contributed by atoms with van der Waals surface area (Å²) in [6.07, 6.45) is 3.31. The summed E-state index contributed by atoms with van der Waals surface area (Å²) in [4.78, 5) is 0. The molecule has 1 aliphatic rings. The van der Waals surface area contributed by atoms with E-state index in [1.165, 1.54) is 0 Å². The lowest BCUT2D eigenvalue weighted by Gasteiger charge is -2.15. The molecule has 0 atom stereocenters. The van der Waals surface area contributed by atoms with E-state index in [2.05, 4.69) is 9.88 Å². The molecule has 0 aliphatic heterocycles. The summed E-state index contributed by atoms with van der Waals surface area (Å²) >= 11 is 0. The van der Waals surface area contributed by atoms with Crippen LogP contribution in [0, 0.1) is 6.92 Å². The van der Waals surface area contributed by atoms with Crippen molar-refractivity contribution in [2.24, 2.45) is 10.9 Å². The van der Waals surface area contributed by atoms with E-state index in [1.54, 1.807) is 18.2 Å². The fourth-order valence-corrected chi connectivity index (χ4v) is 4.03. The molecule has 1 saturated carbocycles. The fraction of sp³-hybridized carbons (Fsp3) is 0.462. The number of amidine groups is 1. The number of rotatable bonds is 4. The highest BCUT2D eigenvalue weighted by Gasteiger charge is 2.29. The summed E-state index contributed by atoms with van der Waals surface area (Å²) in [6.45, 7) is 1.81. The van der Waals surface area contributed by atoms with Gasteiger partial charge in [0.1, 0.15) is 0 Å². The number of oxime groups is 1. The minimum Gasteiger partial charge on any atom is -0.409 e. The van der Waals surface area contributed by atoms with Gasteiger partial charge in [-0.15, -0.1) is 0 Å². The Morgan fingerprint density at radius 3 is 2.65 bits per heavy atom. The number of anilines is 1. The summed E-state index contributed by atoms with van der Waals surface area (Å²) in [5.74, 6) is -0.0497. The minimum absolute atomic E-state index is 0.0497. The van der Waals surface area contributed by atoms with Crippen molar-refractivity contribution in [2.75, 3.05) is 4.72 Å². The van der Waals surface area contributed by atoms with Crippen molar-refractivity contribution >= 4 is 21.5 Å². The van der Waals surface area contributed by atoms with Crippen molar-refractivity contribution < 1.29 is 13.6 Å². The van der Waals surface area contributed by atoms with Crippen LogP contribution in [-0.2, 0) is 10.0 Å². The van der Waals surface area contributed by atoms with Gasteiger partial charge in [0.05, 0.1) is 10.9 Å². The molecule has 1 aliphatic carbocycles. The van der Waals surface area contributed by atoms with Gasteiger partial charge in [-0.3, -0.25) is 4.72 Å². The number of hydrogen-bond donors (Lipinski definition) is 3. The molecule has 0 spiro atoms. The van der Waals surface area contributed by atoms with Crippen LogP contribution in [0.1, 0.15) is 36.8 Å². The molecule has 2 rings (SSSR count). The lowest BCUT2D eigenvalue weighted by Crippen LogP contribution is -2.26. The molecule has 0 radical (unpaired) electrons. The van der Waals surface area contributed by atoms with Gasteiger partial charge in [0.25, 0.3) is 0 Å². The quantitative estimate of drug-likeness (QED) is 0.341. The van der Waals surface area contributed by atoms with E-state index in [4.69, 9.17) is 10.9 Å². The topological polar surface area (TPSA) is 105 Å². The summed E-state index contributed by atoms with van der Waals surface area (Å²) in [5, 5.41) is 11.3. The van der Waals surface area contributed by atoms with Gasteiger partial charge in [-0.2, -0.15) is 0 Å². The van der Waals surface area contributed by atoms with E-state index in [9.17, 15) is 8.42 Å². The van der Waals surface area contributed by atoms with Crippen molar-refractivity contribution in [1.29, 1.82) is 0 Å². The molecular weight excluding hydrogens is 278 g/mol. The molecule has 20 heavy (non-hydrogen) atoms. The van der Waals surface area contributed by atoms with Crippen molar-refractivity contribution in [3.63, 3.8) is 0 Å². The first kappa shape index (κ1) is 14.6. The van der Waals surface area contributed by atoms with Crippen LogP contribution in [0.3, 0.4) is 0 Å². The maximum Gasteiger partial charge on any atom is 0.235 e. The average Bonchev–Trinajstić information content (AvgIpc) is 2.95. The monoisotopic (exact) mass is 297 g/mol. The second-order valence-electron chi connectivity index (χ2n) is 5.07. The van der Waals surface area contributed by atoms with E-state index < -0.39 is 10.0 Å². The Balaban J connectivity index is 2.28. The van der Waals surface area contributed by atoms with E-state index >= 15 is 0 Å². The molecule has 6 nitrogen and oxygen atoms in total. The van der Waals surface area contributed by atoms with Crippen LogP contribution in [0.25, 0.3) is 0 Å². The van der Waals surface area contributed by atoms with Crippen LogP contribution >= 0.6 is 0 Å². The molecule has 0 unspecified atom stereocenters. The molecule has 1 fully saturated rings. The van der Waals surface area contributed by atoms with Crippen molar-refractivity contribution in [3.8, 4) is 0 Å². The smallest absolute Gasteiger partial charge is 0.235 e. The average molecular weight is 297 g/mol. The SMILES string of the molecule is Cc1ccc(/C(N)=N/O)cc1NS(=O)(=O)C1CCCC1. The molecule has 0 saturated heterocycles. The number of sulfonamides is 1. The molecule has 4 N–H and O–H groups in total. The lowest BCUT2D eigenvalue weighted by atomic mass is 10.1. The summed E-state index contributed by atoms with van der Waals surface area (Å²) < 4.78 is 27.2. The minimum atomic E-state index is -3.38. The zero-order chi connectivity index (χ0) is 14.8. The second-order valence-corrected chi connectivity index (χ2v) is 7.03. The number of nitrogens with zero attached hydrogens (tertiary/aromatic N) is 1. The Morgan fingerprint density at radius 2 is 2.05 bits per heavy atom. The predicted molar refractivity (Wildman–Crippen MR) is 78.5 cm³/mol. The largest absolute Gasteiger partial charge is 0.409 e. The van der Waals surface area contributed by atoms with Gasteiger partial charge < -0.3 is 10.9 Å². The molecule has 0 heterocycles. The maximum atomic E-state index is 12.3. The molecule has 110 valence electrons. The normalized spacial score (nSPS) is 17.4. The van der Waals surface area contributed by atoms with E-state index in [0.717, 1.165) is 18.4 Å². The molecule has 0 amide bonds. The second kappa shape index (κ2) is 5.70. The number of nitrogens with two attached hydrogens (primary N) is 1. The summed E-state index contributed by atoms with van der Waals surface area (Å²) in [5.41, 5.74) is 7.26. The first-order valence-corrected chi connectivity index (χ1v) is 8.09. The third kappa shape index (κ3) is 3.04. The molecule has 7 heteroatoms. The Bertz CT molecular complexity index is 620. The summed E-state index contributed by atoms with van der Waals surface area (Å²) in [6, 6.07) is 4.99. The number of nitrogens with one attached hydrogen (secondary N) is 1. The zero-order valence-corrected chi connectivity index (χ0v) is 12.2. The molecule has 0 aromatic heterocycles. The van der Waals surface area contributed by atoms with E-state index in [0.29, 0.717) is 24.1 Å². The van der Waals surface area contributed by atoms with E-state index in [-0.39, 0.29) is 11.1 Å². The Hall–Kier alpha value is -1.76. The van der Waals surface area contributed by atoms with Gasteiger partial charge in [0.2, 0.25) is 10.0 Å². The number of benzene rings is 1. The van der Waals surface area contributed by atoms with Crippen LogP contribution < -0.4 is 10.5 Å². The van der Waals surface area contributed by atoms with Gasteiger partial charge in [-0.05, 0) is 31.4 Å². The van der Waals surface area contributed by atoms with Crippen LogP contribution in [0.2, 0.25) is 0 Å². The van der Waals surface area contributed by atoms with Gasteiger partial charge >= 0.3 is 0 Å². The number of hydrogen-bond acceptors (Lipinski definition) is 4. The fourth-order valence-electron chi connectivity index (χ4n) is 2.38. The maximum absolute atomic E-state index is 12.3. The van der Waals surface area contributed by atoms with Crippen molar-refractivity contribution in [3.05, 3.63) is 29.3 Å². The highest BCUT2D eigenvalue weighted by atomic mass is 32.2. The molecular formula is C13H19N3O3S. The summed E-state index contributed by atoms with van der Waals surface area (Å²) in [7, 11) is -3.38. The Kier molecular flexibility index (Phi) is 4.17. The predicted octanol–water partition coefficient (Wildman–Crippen LogP) is 1.77. The zero-order valence-electron chi connectivity index (χ0n) is 11.3. The molecule has 1 aromatic rings. The Labute approximate surface area is 118 Å². The molecule has 1 aromatic carbocycles. The van der Waals surface area contributed by atoms with Crippen LogP contribution in [0.4, 0.5) is 5.69 Å². The third-order valence-corrected chi connectivity index (χ3v) is 5.49. The van der Waals surface area contributed by atoms with Gasteiger partial charge in [0, 0.05) is 5.56 Å². The van der Waals surface area contributed by atoms with Gasteiger partial charge in [-0.1, -0.05) is 30.1 Å². The first-order valence-electron chi connectivity index (χ1n) is 6.54. The molecule has 0 bridgehead atoms. The highest BCUT2D eigenvalue weighted by Crippen LogP contribution is 2.27. The highest BCUT2D eigenvalue weighted by molar-refractivity contribution is 7.93. The van der Waals surface area contributed by atoms with Crippen LogP contribution in [0.5, 0.6) is 0 Å². The number of aryl methyl sites for hydroxylation is 1. The van der Waals surface area contributed by atoms with Crippen molar-refractivity contribution in [2.45, 2.75) is 37.9 Å². The van der Waals surface area contributed by atoms with Gasteiger partial charge in [0.15, 0.2) is 5.84 Å². The van der Waals surface area contributed by atoms with Gasteiger partial charge in [-0.25, -0.2) is 8.42 Å². The van der Waals surface area contributed by atoms with E-state index in [1.807, 2.05) is 6.92 Å². The third-order valence-electron chi connectivity index (χ3n) is 3.63. The van der Waals surface area contributed by atoms with Crippen LogP contribution in [0.15, 0.2) is 23.4 Å².